The average molecular weight is 293 g/mol. The molecule has 2 aliphatic rings. The zero-order valence-electron chi connectivity index (χ0n) is 13.1. The van der Waals surface area contributed by atoms with E-state index in [1.54, 1.807) is 11.8 Å². The molecular formula is C16H27N3O2. The summed E-state index contributed by atoms with van der Waals surface area (Å²) in [6, 6.07) is 0. The number of hydrogen-bond donors (Lipinski definition) is 1. The molecule has 2 rings (SSSR count). The molecule has 0 bridgehead atoms. The van der Waals surface area contributed by atoms with E-state index >= 15 is 0 Å². The third-order valence-corrected chi connectivity index (χ3v) is 4.36. The topological polar surface area (TPSA) is 52.7 Å². The van der Waals surface area contributed by atoms with Crippen molar-refractivity contribution in [3.63, 3.8) is 0 Å². The highest BCUT2D eigenvalue weighted by Gasteiger charge is 2.21. The molecule has 1 saturated heterocycles. The van der Waals surface area contributed by atoms with Gasteiger partial charge in [0.15, 0.2) is 0 Å². The maximum atomic E-state index is 12.1. The van der Waals surface area contributed by atoms with E-state index < -0.39 is 0 Å². The summed E-state index contributed by atoms with van der Waals surface area (Å²) in [5, 5.41) is 3.25. The van der Waals surface area contributed by atoms with E-state index in [2.05, 4.69) is 11.4 Å². The van der Waals surface area contributed by atoms with Gasteiger partial charge in [-0.05, 0) is 38.6 Å². The van der Waals surface area contributed by atoms with Gasteiger partial charge in [-0.1, -0.05) is 11.6 Å². The summed E-state index contributed by atoms with van der Waals surface area (Å²) >= 11 is 0. The van der Waals surface area contributed by atoms with Crippen molar-refractivity contribution in [3.8, 4) is 0 Å². The van der Waals surface area contributed by atoms with Crippen molar-refractivity contribution in [2.45, 2.75) is 39.0 Å². The fraction of sp³-hybridized carbons (Fsp3) is 0.750. The van der Waals surface area contributed by atoms with Gasteiger partial charge in [-0.3, -0.25) is 9.59 Å². The molecule has 21 heavy (non-hydrogen) atoms. The predicted molar refractivity (Wildman–Crippen MR) is 82.9 cm³/mol. The normalized spacial score (nSPS) is 19.4. The summed E-state index contributed by atoms with van der Waals surface area (Å²) in [5.74, 6) is 0.247. The zero-order chi connectivity index (χ0) is 15.1. The van der Waals surface area contributed by atoms with E-state index in [4.69, 9.17) is 0 Å². The SMILES string of the molecule is CC(=O)N1CCN(C(=O)CNCCC2=CCCCC2)CC1. The van der Waals surface area contributed by atoms with Gasteiger partial charge in [0.25, 0.3) is 0 Å². The lowest BCUT2D eigenvalue weighted by atomic mass is 9.97. The van der Waals surface area contributed by atoms with Gasteiger partial charge in [-0.25, -0.2) is 0 Å². The summed E-state index contributed by atoms with van der Waals surface area (Å²) in [5.41, 5.74) is 1.54. The van der Waals surface area contributed by atoms with Crippen molar-refractivity contribution < 1.29 is 9.59 Å². The highest BCUT2D eigenvalue weighted by atomic mass is 16.2. The minimum atomic E-state index is 0.0981. The van der Waals surface area contributed by atoms with Crippen LogP contribution in [0.1, 0.15) is 39.0 Å². The van der Waals surface area contributed by atoms with Gasteiger partial charge >= 0.3 is 0 Å². The van der Waals surface area contributed by atoms with Crippen LogP contribution in [0.25, 0.3) is 0 Å². The lowest BCUT2D eigenvalue weighted by Crippen LogP contribution is -2.51. The average Bonchev–Trinajstić information content (AvgIpc) is 2.52. The lowest BCUT2D eigenvalue weighted by molar-refractivity contribution is -0.137. The van der Waals surface area contributed by atoms with Crippen LogP contribution in [0.2, 0.25) is 0 Å². The van der Waals surface area contributed by atoms with Crippen LogP contribution in [0.15, 0.2) is 11.6 Å². The molecule has 1 heterocycles. The molecule has 0 aromatic heterocycles. The van der Waals surface area contributed by atoms with Crippen LogP contribution < -0.4 is 5.32 Å². The molecule has 0 aromatic rings. The minimum absolute atomic E-state index is 0.0981. The smallest absolute Gasteiger partial charge is 0.236 e. The number of nitrogens with one attached hydrogen (secondary N) is 1. The first kappa shape index (κ1) is 16.0. The number of nitrogens with zero attached hydrogens (tertiary/aromatic N) is 2. The third kappa shape index (κ3) is 5.16. The van der Waals surface area contributed by atoms with Crippen LogP contribution in [0.3, 0.4) is 0 Å². The first-order valence-corrected chi connectivity index (χ1v) is 8.09. The number of allylic oxidation sites excluding steroid dienone is 1. The summed E-state index contributed by atoms with van der Waals surface area (Å²) < 4.78 is 0. The number of carbonyl (C=O) groups is 2. The number of carbonyl (C=O) groups excluding carboxylic acids is 2. The summed E-state index contributed by atoms with van der Waals surface area (Å²) in [7, 11) is 0. The molecular weight excluding hydrogens is 266 g/mol. The molecule has 0 spiro atoms. The van der Waals surface area contributed by atoms with Crippen LogP contribution in [0, 0.1) is 0 Å². The number of rotatable bonds is 5. The molecule has 1 N–H and O–H groups in total. The number of hydrogen-bond acceptors (Lipinski definition) is 3. The standard InChI is InChI=1S/C16H27N3O2/c1-14(20)18-9-11-19(12-10-18)16(21)13-17-8-7-15-5-3-2-4-6-15/h5,17H,2-4,6-13H2,1H3. The molecule has 0 aromatic carbocycles. The van der Waals surface area contributed by atoms with Gasteiger partial charge in [0.2, 0.25) is 11.8 Å². The second-order valence-electron chi connectivity index (χ2n) is 5.92. The number of piperazine rings is 1. The minimum Gasteiger partial charge on any atom is -0.339 e. The van der Waals surface area contributed by atoms with Gasteiger partial charge in [0, 0.05) is 33.1 Å². The summed E-state index contributed by atoms with van der Waals surface area (Å²) in [4.78, 5) is 27.0. The highest BCUT2D eigenvalue weighted by molar-refractivity contribution is 5.79. The van der Waals surface area contributed by atoms with Crippen LogP contribution in [0.4, 0.5) is 0 Å². The van der Waals surface area contributed by atoms with Crippen molar-refractivity contribution in [1.82, 2.24) is 15.1 Å². The lowest BCUT2D eigenvalue weighted by Gasteiger charge is -2.34. The van der Waals surface area contributed by atoms with E-state index in [1.807, 2.05) is 4.90 Å². The number of amides is 2. The maximum Gasteiger partial charge on any atom is 0.236 e. The van der Waals surface area contributed by atoms with Crippen LogP contribution >= 0.6 is 0 Å². The fourth-order valence-corrected chi connectivity index (χ4v) is 2.96. The predicted octanol–water partition coefficient (Wildman–Crippen LogP) is 1.16. The van der Waals surface area contributed by atoms with Crippen molar-refractivity contribution in [3.05, 3.63) is 11.6 Å². The van der Waals surface area contributed by atoms with Crippen LogP contribution in [-0.4, -0.2) is 60.9 Å². The second kappa shape index (κ2) is 8.17. The largest absolute Gasteiger partial charge is 0.339 e. The van der Waals surface area contributed by atoms with Gasteiger partial charge in [0.1, 0.15) is 0 Å². The summed E-state index contributed by atoms with van der Waals surface area (Å²) in [6.45, 7) is 5.51. The fourth-order valence-electron chi connectivity index (χ4n) is 2.96. The molecule has 5 heteroatoms. The Balaban J connectivity index is 1.59. The second-order valence-corrected chi connectivity index (χ2v) is 5.92. The van der Waals surface area contributed by atoms with E-state index in [0.717, 1.165) is 13.0 Å². The molecule has 1 aliphatic carbocycles. The Kier molecular flexibility index (Phi) is 6.23. The van der Waals surface area contributed by atoms with Crippen molar-refractivity contribution in [2.24, 2.45) is 0 Å². The highest BCUT2D eigenvalue weighted by Crippen LogP contribution is 2.19. The van der Waals surface area contributed by atoms with Crippen LogP contribution in [-0.2, 0) is 9.59 Å². The Bertz CT molecular complexity index is 398. The molecule has 1 aliphatic heterocycles. The first-order valence-electron chi connectivity index (χ1n) is 8.09. The first-order chi connectivity index (χ1) is 10.2. The summed E-state index contributed by atoms with van der Waals surface area (Å²) in [6.07, 6.45) is 8.49. The van der Waals surface area contributed by atoms with Crippen LogP contribution in [0.5, 0.6) is 0 Å². The van der Waals surface area contributed by atoms with E-state index in [1.165, 1.54) is 31.3 Å². The van der Waals surface area contributed by atoms with E-state index in [-0.39, 0.29) is 11.8 Å². The monoisotopic (exact) mass is 293 g/mol. The molecule has 0 saturated carbocycles. The molecule has 1 fully saturated rings. The Morgan fingerprint density at radius 1 is 1.14 bits per heavy atom. The Labute approximate surface area is 127 Å². The van der Waals surface area contributed by atoms with Gasteiger partial charge in [-0.15, -0.1) is 0 Å². The Morgan fingerprint density at radius 3 is 2.48 bits per heavy atom. The van der Waals surface area contributed by atoms with Crippen molar-refractivity contribution >= 4 is 11.8 Å². The van der Waals surface area contributed by atoms with Crippen molar-refractivity contribution in [1.29, 1.82) is 0 Å². The quantitative estimate of drug-likeness (QED) is 0.611. The molecule has 2 amide bonds. The van der Waals surface area contributed by atoms with Crippen molar-refractivity contribution in [2.75, 3.05) is 39.3 Å². The Hall–Kier alpha value is -1.36. The molecule has 118 valence electrons. The zero-order valence-corrected chi connectivity index (χ0v) is 13.1. The van der Waals surface area contributed by atoms with E-state index in [0.29, 0.717) is 32.7 Å². The molecule has 0 atom stereocenters. The maximum absolute atomic E-state index is 12.1. The molecule has 0 unspecified atom stereocenters. The molecule has 5 nitrogen and oxygen atoms in total. The van der Waals surface area contributed by atoms with Gasteiger partial charge in [-0.2, -0.15) is 0 Å². The third-order valence-electron chi connectivity index (χ3n) is 4.36. The van der Waals surface area contributed by atoms with Gasteiger partial charge in [0.05, 0.1) is 6.54 Å². The van der Waals surface area contributed by atoms with E-state index in [9.17, 15) is 9.59 Å². The molecule has 0 radical (unpaired) electrons. The Morgan fingerprint density at radius 2 is 1.86 bits per heavy atom. The van der Waals surface area contributed by atoms with Gasteiger partial charge < -0.3 is 15.1 Å².